The van der Waals surface area contributed by atoms with Crippen LogP contribution < -0.4 is 0 Å². The van der Waals surface area contributed by atoms with Crippen LogP contribution in [0.4, 0.5) is 8.78 Å². The van der Waals surface area contributed by atoms with E-state index < -0.39 is 36.0 Å². The van der Waals surface area contributed by atoms with Gasteiger partial charge in [-0.05, 0) is 27.2 Å². The molecule has 1 aromatic heterocycles. The van der Waals surface area contributed by atoms with Crippen molar-refractivity contribution in [2.24, 2.45) is 0 Å². The Balaban J connectivity index is 2.61. The summed E-state index contributed by atoms with van der Waals surface area (Å²) < 4.78 is 38.5. The third-order valence-corrected chi connectivity index (χ3v) is 2.72. The minimum atomic E-state index is -3.73. The molecule has 9 heteroatoms. The average molecular weight is 333 g/mol. The van der Waals surface area contributed by atoms with Crippen LogP contribution in [0.1, 0.15) is 40.5 Å². The topological polar surface area (TPSA) is 83.3 Å². The molecule has 1 atom stereocenters. The highest BCUT2D eigenvalue weighted by atomic mass is 19.3. The summed E-state index contributed by atoms with van der Waals surface area (Å²) in [5.74, 6) is -6.34. The van der Waals surface area contributed by atoms with Gasteiger partial charge >= 0.3 is 17.9 Å². The Morgan fingerprint density at radius 2 is 1.96 bits per heavy atom. The molecule has 130 valence electrons. The van der Waals surface area contributed by atoms with Gasteiger partial charge < -0.3 is 9.47 Å². The van der Waals surface area contributed by atoms with Gasteiger partial charge in [0.1, 0.15) is 5.60 Å². The molecule has 0 saturated heterocycles. The minimum Gasteiger partial charge on any atom is -0.457 e. The molecule has 7 nitrogen and oxygen atoms in total. The van der Waals surface area contributed by atoms with Crippen molar-refractivity contribution >= 4 is 11.9 Å². The Morgan fingerprint density at radius 1 is 1.30 bits per heavy atom. The van der Waals surface area contributed by atoms with E-state index in [9.17, 15) is 18.4 Å². The lowest BCUT2D eigenvalue weighted by molar-refractivity contribution is -0.190. The van der Waals surface area contributed by atoms with Crippen LogP contribution in [0.25, 0.3) is 0 Å². The molecule has 23 heavy (non-hydrogen) atoms. The molecule has 0 N–H and O–H groups in total. The van der Waals surface area contributed by atoms with Crippen molar-refractivity contribution in [1.82, 2.24) is 15.0 Å². The van der Waals surface area contributed by atoms with Crippen molar-refractivity contribution in [2.45, 2.75) is 64.7 Å². The van der Waals surface area contributed by atoms with E-state index in [2.05, 4.69) is 15.0 Å². The van der Waals surface area contributed by atoms with Crippen molar-refractivity contribution in [2.75, 3.05) is 0 Å². The maximum absolute atomic E-state index is 13.8. The van der Waals surface area contributed by atoms with Gasteiger partial charge in [0.15, 0.2) is 6.10 Å². The summed E-state index contributed by atoms with van der Waals surface area (Å²) in [6.45, 7) is 6.23. The summed E-state index contributed by atoms with van der Waals surface area (Å²) in [5, 5.41) is 7.01. The first-order chi connectivity index (χ1) is 10.5. The fourth-order valence-electron chi connectivity index (χ4n) is 1.59. The Hall–Kier alpha value is -2.06. The highest BCUT2D eigenvalue weighted by molar-refractivity contribution is 5.82. The average Bonchev–Trinajstić information content (AvgIpc) is 2.93. The number of alkyl halides is 2. The van der Waals surface area contributed by atoms with Crippen LogP contribution in [0.3, 0.4) is 0 Å². The number of halogens is 2. The van der Waals surface area contributed by atoms with Crippen molar-refractivity contribution in [1.29, 1.82) is 0 Å². The zero-order valence-corrected chi connectivity index (χ0v) is 13.6. The Kier molecular flexibility index (Phi) is 6.17. The van der Waals surface area contributed by atoms with Gasteiger partial charge in [0.2, 0.25) is 0 Å². The van der Waals surface area contributed by atoms with Crippen LogP contribution in [0, 0.1) is 0 Å². The van der Waals surface area contributed by atoms with E-state index in [1.807, 2.05) is 0 Å². The van der Waals surface area contributed by atoms with E-state index >= 15 is 0 Å². The van der Waals surface area contributed by atoms with E-state index in [0.29, 0.717) is 0 Å². The molecule has 0 saturated carbocycles. The third-order valence-electron chi connectivity index (χ3n) is 2.72. The largest absolute Gasteiger partial charge is 0.457 e. The Labute approximate surface area is 132 Å². The number of carbonyl (C=O) groups excluding carboxylic acids is 2. The van der Waals surface area contributed by atoms with Crippen LogP contribution in [-0.4, -0.2) is 44.6 Å². The van der Waals surface area contributed by atoms with Gasteiger partial charge in [-0.3, -0.25) is 4.68 Å². The second-order valence-corrected chi connectivity index (χ2v) is 5.96. The third kappa shape index (κ3) is 6.29. The van der Waals surface area contributed by atoms with E-state index in [1.54, 1.807) is 20.8 Å². The summed E-state index contributed by atoms with van der Waals surface area (Å²) in [6, 6.07) is 0. The number of hydrogen-bond acceptors (Lipinski definition) is 6. The van der Waals surface area contributed by atoms with Crippen LogP contribution in [0.15, 0.2) is 12.4 Å². The molecule has 0 fully saturated rings. The first-order valence-electron chi connectivity index (χ1n) is 7.21. The molecule has 1 unspecified atom stereocenters. The molecular weight excluding hydrogens is 312 g/mol. The zero-order valence-electron chi connectivity index (χ0n) is 13.6. The lowest BCUT2D eigenvalue weighted by Gasteiger charge is -2.24. The molecule has 0 amide bonds. The van der Waals surface area contributed by atoms with E-state index in [-0.39, 0.29) is 13.0 Å². The molecule has 0 bridgehead atoms. The van der Waals surface area contributed by atoms with Crippen molar-refractivity contribution in [3.8, 4) is 0 Å². The highest BCUT2D eigenvalue weighted by Crippen LogP contribution is 2.23. The minimum absolute atomic E-state index is 0.0415. The number of aryl methyl sites for hydroxylation is 1. The van der Waals surface area contributed by atoms with E-state index in [0.717, 1.165) is 0 Å². The molecule has 0 spiro atoms. The maximum Gasteiger partial charge on any atom is 0.377 e. The molecule has 0 aliphatic rings. The molecule has 1 aromatic rings. The van der Waals surface area contributed by atoms with Crippen LogP contribution in [0.2, 0.25) is 0 Å². The number of aromatic nitrogens is 3. The first-order valence-corrected chi connectivity index (χ1v) is 7.21. The molecule has 1 heterocycles. The smallest absolute Gasteiger partial charge is 0.377 e. The Bertz CT molecular complexity index is 527. The number of carbonyl (C=O) groups is 2. The van der Waals surface area contributed by atoms with Crippen molar-refractivity contribution in [3.63, 3.8) is 0 Å². The monoisotopic (exact) mass is 333 g/mol. The van der Waals surface area contributed by atoms with Gasteiger partial charge in [-0.15, -0.1) is 5.10 Å². The fourth-order valence-corrected chi connectivity index (χ4v) is 1.59. The quantitative estimate of drug-likeness (QED) is 0.709. The number of esters is 2. The predicted octanol–water partition coefficient (Wildman–Crippen LogP) is 1.97. The summed E-state index contributed by atoms with van der Waals surface area (Å²) >= 11 is 0. The van der Waals surface area contributed by atoms with E-state index in [4.69, 9.17) is 4.74 Å². The zero-order chi connectivity index (χ0) is 17.7. The molecular formula is C14H21F2N3O4. The first kappa shape index (κ1) is 19.0. The molecule has 1 rings (SSSR count). The lowest BCUT2D eigenvalue weighted by atomic mass is 10.2. The van der Waals surface area contributed by atoms with Gasteiger partial charge in [-0.2, -0.15) is 8.78 Å². The van der Waals surface area contributed by atoms with Gasteiger partial charge in [0, 0.05) is 19.2 Å². The van der Waals surface area contributed by atoms with Crippen molar-refractivity contribution in [3.05, 3.63) is 12.4 Å². The molecule has 0 aliphatic carbocycles. The molecule has 0 aromatic carbocycles. The number of hydrogen-bond donors (Lipinski definition) is 0. The maximum atomic E-state index is 13.8. The summed E-state index contributed by atoms with van der Waals surface area (Å²) in [6.07, 6.45) is 0.613. The summed E-state index contributed by atoms with van der Waals surface area (Å²) in [5.41, 5.74) is -0.799. The second-order valence-electron chi connectivity index (χ2n) is 5.96. The van der Waals surface area contributed by atoms with Gasteiger partial charge in [-0.25, -0.2) is 9.59 Å². The molecule has 0 aliphatic heterocycles. The van der Waals surface area contributed by atoms with Crippen LogP contribution in [0.5, 0.6) is 0 Å². The van der Waals surface area contributed by atoms with Gasteiger partial charge in [0.05, 0.1) is 6.20 Å². The van der Waals surface area contributed by atoms with Crippen molar-refractivity contribution < 1.29 is 27.8 Å². The SMILES string of the molecule is CCC(OC(=O)C(F)(F)CCn1ccnn1)C(=O)OC(C)(C)C. The summed E-state index contributed by atoms with van der Waals surface area (Å²) in [4.78, 5) is 23.5. The standard InChI is InChI=1S/C14H21F2N3O4/c1-5-10(11(20)23-13(2,3)4)22-12(21)14(15,16)6-8-19-9-7-17-18-19/h7,9-10H,5-6,8H2,1-4H3. The van der Waals surface area contributed by atoms with Gasteiger partial charge in [0.25, 0.3) is 0 Å². The normalized spacial score (nSPS) is 13.5. The van der Waals surface area contributed by atoms with Gasteiger partial charge in [-0.1, -0.05) is 12.1 Å². The highest BCUT2D eigenvalue weighted by Gasteiger charge is 2.43. The van der Waals surface area contributed by atoms with Crippen LogP contribution >= 0.6 is 0 Å². The summed E-state index contributed by atoms with van der Waals surface area (Å²) in [7, 11) is 0. The number of nitrogens with zero attached hydrogens (tertiary/aromatic N) is 3. The molecule has 0 radical (unpaired) electrons. The lowest BCUT2D eigenvalue weighted by Crippen LogP contribution is -2.40. The number of rotatable bonds is 7. The number of ether oxygens (including phenoxy) is 2. The second kappa shape index (κ2) is 7.47. The fraction of sp³-hybridized carbons (Fsp3) is 0.714. The van der Waals surface area contributed by atoms with Crippen LogP contribution in [-0.2, 0) is 25.6 Å². The predicted molar refractivity (Wildman–Crippen MR) is 75.6 cm³/mol. The Morgan fingerprint density at radius 3 is 2.43 bits per heavy atom. The van der Waals surface area contributed by atoms with E-state index in [1.165, 1.54) is 24.0 Å².